The lowest BCUT2D eigenvalue weighted by molar-refractivity contribution is 0.251. The largest absolute Gasteiger partial charge is 0.490 e. The summed E-state index contributed by atoms with van der Waals surface area (Å²) in [6.45, 7) is 4.95. The maximum atomic E-state index is 6.20. The molecule has 0 amide bonds. The molecule has 1 fully saturated rings. The van der Waals surface area contributed by atoms with Crippen molar-refractivity contribution in [2.45, 2.75) is 51.4 Å². The van der Waals surface area contributed by atoms with Crippen molar-refractivity contribution in [3.8, 4) is 11.5 Å². The quantitative estimate of drug-likeness (QED) is 0.521. The number of fused-ring (bicyclic) bond motifs is 1. The number of likely N-dealkylation sites (tertiary alicyclic amines) is 1. The zero-order chi connectivity index (χ0) is 22.5. The fourth-order valence-electron chi connectivity index (χ4n) is 4.92. The van der Waals surface area contributed by atoms with Gasteiger partial charge in [-0.2, -0.15) is 4.98 Å². The topological polar surface area (TPSA) is 71.5 Å². The van der Waals surface area contributed by atoms with Crippen LogP contribution >= 0.6 is 0 Å². The van der Waals surface area contributed by atoms with Gasteiger partial charge < -0.3 is 25.0 Å². The van der Waals surface area contributed by atoms with Crippen molar-refractivity contribution in [2.75, 3.05) is 50.5 Å². The Bertz CT molecular complexity index is 1000. The van der Waals surface area contributed by atoms with Gasteiger partial charge in [0.15, 0.2) is 11.5 Å². The van der Waals surface area contributed by atoms with Gasteiger partial charge in [0.05, 0.1) is 18.9 Å². The van der Waals surface area contributed by atoms with Crippen molar-refractivity contribution in [3.63, 3.8) is 0 Å². The molecule has 1 aromatic heterocycles. The monoisotopic (exact) mass is 449 g/mol. The number of allylic oxidation sites excluding steroid dienone is 2. The summed E-state index contributed by atoms with van der Waals surface area (Å²) < 4.78 is 12.1. The number of aromatic nitrogens is 2. The van der Waals surface area contributed by atoms with Crippen molar-refractivity contribution < 1.29 is 9.47 Å². The normalized spacial score (nSPS) is 17.9. The fraction of sp³-hybridized carbons (Fsp3) is 0.538. The van der Waals surface area contributed by atoms with Crippen LogP contribution < -0.4 is 20.1 Å². The van der Waals surface area contributed by atoms with Gasteiger partial charge >= 0.3 is 0 Å². The molecule has 0 saturated carbocycles. The number of benzene rings is 1. The first-order valence-electron chi connectivity index (χ1n) is 12.5. The van der Waals surface area contributed by atoms with Crippen LogP contribution in [-0.2, 0) is 6.42 Å². The van der Waals surface area contributed by atoms with E-state index in [0.29, 0.717) is 19.2 Å². The third kappa shape index (κ3) is 5.41. The second-order valence-corrected chi connectivity index (χ2v) is 9.12. The molecule has 3 aliphatic rings. The molecule has 1 aromatic carbocycles. The van der Waals surface area contributed by atoms with Crippen LogP contribution in [0.15, 0.2) is 24.3 Å². The van der Waals surface area contributed by atoms with Crippen molar-refractivity contribution in [1.82, 2.24) is 14.9 Å². The molecule has 0 unspecified atom stereocenters. The van der Waals surface area contributed by atoms with E-state index in [2.05, 4.69) is 32.7 Å². The van der Waals surface area contributed by atoms with E-state index in [4.69, 9.17) is 14.5 Å². The first kappa shape index (κ1) is 22.0. The van der Waals surface area contributed by atoms with Gasteiger partial charge in [-0.15, -0.1) is 0 Å². The van der Waals surface area contributed by atoms with Crippen LogP contribution in [0.1, 0.15) is 56.2 Å². The van der Waals surface area contributed by atoms with Gasteiger partial charge in [0.1, 0.15) is 5.82 Å². The number of hydrogen-bond acceptors (Lipinski definition) is 7. The van der Waals surface area contributed by atoms with Crippen molar-refractivity contribution in [1.29, 1.82) is 0 Å². The lowest BCUT2D eigenvalue weighted by Crippen LogP contribution is -2.21. The first-order valence-corrected chi connectivity index (χ1v) is 12.5. The number of rotatable bonds is 9. The third-order valence-electron chi connectivity index (χ3n) is 6.68. The predicted octanol–water partition coefficient (Wildman–Crippen LogP) is 5.02. The highest BCUT2D eigenvalue weighted by atomic mass is 16.5. The molecule has 2 aliphatic heterocycles. The van der Waals surface area contributed by atoms with Gasteiger partial charge in [-0.3, -0.25) is 0 Å². The fourth-order valence-corrected chi connectivity index (χ4v) is 4.92. The number of hydrogen-bond donors (Lipinski definition) is 2. The van der Waals surface area contributed by atoms with Crippen LogP contribution in [0.5, 0.6) is 11.5 Å². The first-order chi connectivity index (χ1) is 16.3. The Hall–Kier alpha value is -2.80. The maximum Gasteiger partial charge on any atom is 0.229 e. The summed E-state index contributed by atoms with van der Waals surface area (Å²) in [7, 11) is 1.89. The summed E-state index contributed by atoms with van der Waals surface area (Å²) in [4.78, 5) is 12.0. The Morgan fingerprint density at radius 2 is 1.97 bits per heavy atom. The molecule has 176 valence electrons. The van der Waals surface area contributed by atoms with E-state index in [1.54, 1.807) is 0 Å². The third-order valence-corrected chi connectivity index (χ3v) is 6.68. The lowest BCUT2D eigenvalue weighted by Gasteiger charge is -2.17. The molecule has 0 spiro atoms. The van der Waals surface area contributed by atoms with Crippen LogP contribution in [0.2, 0.25) is 0 Å². The molecular weight excluding hydrogens is 414 g/mol. The van der Waals surface area contributed by atoms with Gasteiger partial charge in [0, 0.05) is 43.4 Å². The van der Waals surface area contributed by atoms with E-state index >= 15 is 0 Å². The average Bonchev–Trinajstić information content (AvgIpc) is 3.54. The van der Waals surface area contributed by atoms with Gasteiger partial charge in [0.2, 0.25) is 5.95 Å². The smallest absolute Gasteiger partial charge is 0.229 e. The average molecular weight is 450 g/mol. The minimum Gasteiger partial charge on any atom is -0.490 e. The van der Waals surface area contributed by atoms with Gasteiger partial charge in [-0.25, -0.2) is 4.98 Å². The molecule has 2 N–H and O–H groups in total. The molecule has 33 heavy (non-hydrogen) atoms. The molecule has 0 bridgehead atoms. The Morgan fingerprint density at radius 3 is 2.79 bits per heavy atom. The van der Waals surface area contributed by atoms with Crippen LogP contribution in [-0.4, -0.2) is 54.8 Å². The summed E-state index contributed by atoms with van der Waals surface area (Å²) in [6.07, 6.45) is 11.6. The number of nitrogens with zero attached hydrogens (tertiary/aromatic N) is 3. The van der Waals surface area contributed by atoms with Crippen LogP contribution in [0, 0.1) is 0 Å². The van der Waals surface area contributed by atoms with Crippen LogP contribution in [0.4, 0.5) is 17.5 Å². The predicted molar refractivity (Wildman–Crippen MR) is 133 cm³/mol. The second-order valence-electron chi connectivity index (χ2n) is 9.12. The highest BCUT2D eigenvalue weighted by molar-refractivity contribution is 5.69. The molecule has 7 heteroatoms. The highest BCUT2D eigenvalue weighted by Crippen LogP contribution is 2.39. The number of anilines is 3. The minimum absolute atomic E-state index is 0.599. The van der Waals surface area contributed by atoms with E-state index in [9.17, 15) is 0 Å². The van der Waals surface area contributed by atoms with Crippen molar-refractivity contribution in [3.05, 3.63) is 35.5 Å². The number of ether oxygens (including phenoxy) is 2. The van der Waals surface area contributed by atoms with E-state index in [1.807, 2.05) is 19.2 Å². The lowest BCUT2D eigenvalue weighted by atomic mass is 9.97. The molecule has 0 radical (unpaired) electrons. The zero-order valence-electron chi connectivity index (χ0n) is 19.7. The molecule has 7 nitrogen and oxygen atoms in total. The van der Waals surface area contributed by atoms with E-state index < -0.39 is 0 Å². The molecule has 5 rings (SSSR count). The number of nitrogens with one attached hydrogen (secondary N) is 2. The molecule has 2 aromatic rings. The molecule has 3 heterocycles. The van der Waals surface area contributed by atoms with E-state index in [0.717, 1.165) is 60.9 Å². The van der Waals surface area contributed by atoms with E-state index in [1.165, 1.54) is 49.9 Å². The SMILES string of the molecule is CNc1cc(C2=CCCCC2)nc(Nc2cc3c(c(OCCCN4CCCC4)c2)OCC3)n1. The van der Waals surface area contributed by atoms with Crippen LogP contribution in [0.25, 0.3) is 5.57 Å². The molecular formula is C26H35N5O2. The summed E-state index contributed by atoms with van der Waals surface area (Å²) in [5.41, 5.74) is 4.42. The molecule has 1 aliphatic carbocycles. The summed E-state index contributed by atoms with van der Waals surface area (Å²) in [5.74, 6) is 3.12. The Balaban J connectivity index is 1.32. The standard InChI is InChI=1S/C26H35N5O2/c1-27-24-18-22(19-8-3-2-4-9-19)29-26(30-24)28-21-16-20-10-15-33-25(20)23(17-21)32-14-7-13-31-11-5-6-12-31/h8,16-18H,2-7,9-15H2,1H3,(H2,27,28,29,30). The van der Waals surface area contributed by atoms with Gasteiger partial charge in [-0.05, 0) is 69.7 Å². The van der Waals surface area contributed by atoms with Crippen LogP contribution in [0.3, 0.4) is 0 Å². The zero-order valence-corrected chi connectivity index (χ0v) is 19.7. The summed E-state index contributed by atoms with van der Waals surface area (Å²) in [5, 5.41) is 6.61. The Labute approximate surface area is 196 Å². The van der Waals surface area contributed by atoms with Crippen molar-refractivity contribution >= 4 is 23.0 Å². The minimum atomic E-state index is 0.599. The maximum absolute atomic E-state index is 6.20. The van der Waals surface area contributed by atoms with Crippen molar-refractivity contribution in [2.24, 2.45) is 0 Å². The van der Waals surface area contributed by atoms with E-state index in [-0.39, 0.29) is 0 Å². The second kappa shape index (κ2) is 10.4. The highest BCUT2D eigenvalue weighted by Gasteiger charge is 2.20. The Morgan fingerprint density at radius 1 is 1.06 bits per heavy atom. The summed E-state index contributed by atoms with van der Waals surface area (Å²) >= 11 is 0. The molecule has 0 atom stereocenters. The Kier molecular flexibility index (Phi) is 6.95. The van der Waals surface area contributed by atoms with Gasteiger partial charge in [0.25, 0.3) is 0 Å². The summed E-state index contributed by atoms with van der Waals surface area (Å²) in [6, 6.07) is 6.19. The molecule has 1 saturated heterocycles. The van der Waals surface area contributed by atoms with Gasteiger partial charge in [-0.1, -0.05) is 6.08 Å².